The molecule has 1 heterocycles. The van der Waals surface area contributed by atoms with E-state index in [4.69, 9.17) is 15.2 Å². The van der Waals surface area contributed by atoms with Crippen molar-refractivity contribution in [3.8, 4) is 11.5 Å². The maximum atomic E-state index is 6.09. The molecule has 122 valence electrons. The highest BCUT2D eigenvalue weighted by atomic mass is 16.5. The number of nitrogens with zero attached hydrogens (tertiary/aromatic N) is 2. The second kappa shape index (κ2) is 7.92. The fraction of sp³-hybridized carbons (Fsp3) is 0.588. The first kappa shape index (κ1) is 16.5. The summed E-state index contributed by atoms with van der Waals surface area (Å²) in [4.78, 5) is 6.66. The van der Waals surface area contributed by atoms with Crippen LogP contribution in [0.5, 0.6) is 11.5 Å². The van der Waals surface area contributed by atoms with Crippen LogP contribution in [0.1, 0.15) is 26.7 Å². The van der Waals surface area contributed by atoms with E-state index in [0.29, 0.717) is 18.4 Å². The van der Waals surface area contributed by atoms with Gasteiger partial charge in [0.05, 0.1) is 13.7 Å². The number of guanidine groups is 1. The number of rotatable bonds is 5. The molecule has 2 rings (SSSR count). The number of methoxy groups -OCH3 is 1. The zero-order valence-electron chi connectivity index (χ0n) is 13.8. The van der Waals surface area contributed by atoms with Crippen LogP contribution in [0.25, 0.3) is 0 Å². The first-order chi connectivity index (χ1) is 10.6. The maximum absolute atomic E-state index is 6.09. The third-order valence-electron chi connectivity index (χ3n) is 3.89. The number of ether oxygens (including phenoxy) is 2. The van der Waals surface area contributed by atoms with E-state index >= 15 is 0 Å². The smallest absolute Gasteiger partial charge is 0.191 e. The van der Waals surface area contributed by atoms with E-state index in [1.165, 1.54) is 12.8 Å². The van der Waals surface area contributed by atoms with Gasteiger partial charge in [0, 0.05) is 13.1 Å². The first-order valence-electron chi connectivity index (χ1n) is 7.94. The lowest BCUT2D eigenvalue weighted by Crippen LogP contribution is -2.43. The maximum Gasteiger partial charge on any atom is 0.191 e. The molecule has 2 unspecified atom stereocenters. The van der Waals surface area contributed by atoms with E-state index in [-0.39, 0.29) is 6.10 Å². The van der Waals surface area contributed by atoms with E-state index in [9.17, 15) is 0 Å². The number of hydrogen-bond donors (Lipinski definition) is 1. The summed E-state index contributed by atoms with van der Waals surface area (Å²) in [5.41, 5.74) is 6.09. The van der Waals surface area contributed by atoms with Crippen molar-refractivity contribution in [2.24, 2.45) is 16.6 Å². The van der Waals surface area contributed by atoms with Crippen molar-refractivity contribution < 1.29 is 9.47 Å². The molecule has 5 nitrogen and oxygen atoms in total. The van der Waals surface area contributed by atoms with Crippen molar-refractivity contribution >= 4 is 5.96 Å². The Morgan fingerprint density at radius 1 is 1.36 bits per heavy atom. The molecule has 1 aromatic carbocycles. The topological polar surface area (TPSA) is 60.1 Å². The van der Waals surface area contributed by atoms with Crippen LogP contribution in [0.2, 0.25) is 0 Å². The van der Waals surface area contributed by atoms with Crippen LogP contribution in [0, 0.1) is 5.92 Å². The molecule has 2 N–H and O–H groups in total. The van der Waals surface area contributed by atoms with Gasteiger partial charge in [0.1, 0.15) is 17.6 Å². The molecule has 1 aliphatic heterocycles. The Morgan fingerprint density at radius 3 is 2.68 bits per heavy atom. The van der Waals surface area contributed by atoms with Crippen molar-refractivity contribution in [3.05, 3.63) is 24.3 Å². The third-order valence-corrected chi connectivity index (χ3v) is 3.89. The minimum Gasteiger partial charge on any atom is -0.497 e. The van der Waals surface area contributed by atoms with Crippen molar-refractivity contribution in [2.75, 3.05) is 26.7 Å². The first-order valence-corrected chi connectivity index (χ1v) is 7.94. The van der Waals surface area contributed by atoms with Gasteiger partial charge in [-0.05, 0) is 49.9 Å². The highest BCUT2D eigenvalue weighted by Gasteiger charge is 2.17. The molecule has 0 radical (unpaired) electrons. The molecule has 1 fully saturated rings. The van der Waals surface area contributed by atoms with Crippen LogP contribution < -0.4 is 15.2 Å². The Bertz CT molecular complexity index is 487. The van der Waals surface area contributed by atoms with Gasteiger partial charge in [0.25, 0.3) is 0 Å². The molecule has 1 saturated heterocycles. The minimum atomic E-state index is -0.0193. The molecule has 22 heavy (non-hydrogen) atoms. The minimum absolute atomic E-state index is 0.0193. The highest BCUT2D eigenvalue weighted by molar-refractivity contribution is 5.78. The fourth-order valence-electron chi connectivity index (χ4n) is 2.64. The average molecular weight is 305 g/mol. The van der Waals surface area contributed by atoms with E-state index in [0.717, 1.165) is 24.6 Å². The Morgan fingerprint density at radius 2 is 2.05 bits per heavy atom. The Balaban J connectivity index is 1.82. The summed E-state index contributed by atoms with van der Waals surface area (Å²) in [7, 11) is 1.65. The number of hydrogen-bond acceptors (Lipinski definition) is 3. The molecule has 1 aromatic rings. The number of piperidine rings is 1. The van der Waals surface area contributed by atoms with Gasteiger partial charge in [-0.2, -0.15) is 0 Å². The zero-order valence-corrected chi connectivity index (χ0v) is 13.8. The van der Waals surface area contributed by atoms with Gasteiger partial charge < -0.3 is 20.1 Å². The monoisotopic (exact) mass is 305 g/mol. The predicted molar refractivity (Wildman–Crippen MR) is 89.5 cm³/mol. The second-order valence-electron chi connectivity index (χ2n) is 6.00. The Labute approximate surface area is 133 Å². The summed E-state index contributed by atoms with van der Waals surface area (Å²) >= 11 is 0. The molecule has 5 heteroatoms. The molecule has 0 bridgehead atoms. The van der Waals surface area contributed by atoms with Gasteiger partial charge >= 0.3 is 0 Å². The third kappa shape index (κ3) is 4.83. The van der Waals surface area contributed by atoms with Crippen molar-refractivity contribution in [1.82, 2.24) is 4.90 Å². The van der Waals surface area contributed by atoms with Crippen LogP contribution >= 0.6 is 0 Å². The highest BCUT2D eigenvalue weighted by Crippen LogP contribution is 2.18. The van der Waals surface area contributed by atoms with Crippen LogP contribution in [0.15, 0.2) is 29.3 Å². The summed E-state index contributed by atoms with van der Waals surface area (Å²) in [6.07, 6.45) is 2.45. The molecular formula is C17H27N3O2. The number of benzene rings is 1. The number of aliphatic imine (C=N–C) groups is 1. The summed E-state index contributed by atoms with van der Waals surface area (Å²) in [5, 5.41) is 0. The van der Waals surface area contributed by atoms with Crippen LogP contribution in [-0.2, 0) is 0 Å². The quantitative estimate of drug-likeness (QED) is 0.671. The van der Waals surface area contributed by atoms with Gasteiger partial charge in [-0.3, -0.25) is 0 Å². The Hall–Kier alpha value is -1.91. The lowest BCUT2D eigenvalue weighted by atomic mass is 10.0. The largest absolute Gasteiger partial charge is 0.497 e. The van der Waals surface area contributed by atoms with Crippen molar-refractivity contribution in [1.29, 1.82) is 0 Å². The van der Waals surface area contributed by atoms with Gasteiger partial charge in [0.15, 0.2) is 5.96 Å². The molecular weight excluding hydrogens is 278 g/mol. The number of nitrogens with two attached hydrogens (primary N) is 1. The van der Waals surface area contributed by atoms with E-state index in [1.807, 2.05) is 31.2 Å². The molecule has 2 atom stereocenters. The summed E-state index contributed by atoms with van der Waals surface area (Å²) in [6, 6.07) is 7.56. The van der Waals surface area contributed by atoms with Crippen LogP contribution in [-0.4, -0.2) is 43.7 Å². The molecule has 0 spiro atoms. The van der Waals surface area contributed by atoms with Crippen LogP contribution in [0.4, 0.5) is 0 Å². The van der Waals surface area contributed by atoms with E-state index in [2.05, 4.69) is 16.8 Å². The van der Waals surface area contributed by atoms with Crippen molar-refractivity contribution in [3.63, 3.8) is 0 Å². The van der Waals surface area contributed by atoms with Gasteiger partial charge in [0.2, 0.25) is 0 Å². The lowest BCUT2D eigenvalue weighted by Gasteiger charge is -2.31. The van der Waals surface area contributed by atoms with Gasteiger partial charge in [-0.15, -0.1) is 0 Å². The van der Waals surface area contributed by atoms with Gasteiger partial charge in [-0.25, -0.2) is 4.99 Å². The van der Waals surface area contributed by atoms with E-state index < -0.39 is 0 Å². The summed E-state index contributed by atoms with van der Waals surface area (Å²) in [5.74, 6) is 2.96. The molecule has 0 aromatic heterocycles. The van der Waals surface area contributed by atoms with Gasteiger partial charge in [-0.1, -0.05) is 6.92 Å². The standard InChI is InChI=1S/C17H27N3O2/c1-13-5-4-10-20(12-13)17(18)19-11-14(2)22-16-8-6-15(21-3)7-9-16/h6-9,13-14H,4-5,10-12H2,1-3H3,(H2,18,19). The molecule has 0 saturated carbocycles. The normalized spacial score (nSPS) is 20.6. The lowest BCUT2D eigenvalue weighted by molar-refractivity contribution is 0.227. The van der Waals surface area contributed by atoms with E-state index in [1.54, 1.807) is 7.11 Å². The second-order valence-corrected chi connectivity index (χ2v) is 6.00. The van der Waals surface area contributed by atoms with Crippen LogP contribution in [0.3, 0.4) is 0 Å². The SMILES string of the molecule is COc1ccc(OC(C)CN=C(N)N2CCCC(C)C2)cc1. The number of likely N-dealkylation sites (tertiary alicyclic amines) is 1. The predicted octanol–water partition coefficient (Wildman–Crippen LogP) is 2.51. The average Bonchev–Trinajstić information content (AvgIpc) is 2.53. The zero-order chi connectivity index (χ0) is 15.9. The Kier molecular flexibility index (Phi) is 5.92. The summed E-state index contributed by atoms with van der Waals surface area (Å²) in [6.45, 7) is 6.83. The summed E-state index contributed by atoms with van der Waals surface area (Å²) < 4.78 is 11.0. The fourth-order valence-corrected chi connectivity index (χ4v) is 2.64. The molecule has 0 amide bonds. The molecule has 0 aliphatic carbocycles. The van der Waals surface area contributed by atoms with Crippen molar-refractivity contribution in [2.45, 2.75) is 32.8 Å². The molecule has 1 aliphatic rings.